The van der Waals surface area contributed by atoms with Crippen LogP contribution >= 0.6 is 0 Å². The van der Waals surface area contributed by atoms with Gasteiger partial charge in [-0.25, -0.2) is 4.79 Å². The number of anilines is 1. The van der Waals surface area contributed by atoms with Gasteiger partial charge in [-0.15, -0.1) is 0 Å². The number of piperazine rings is 1. The van der Waals surface area contributed by atoms with Gasteiger partial charge in [-0.05, 0) is 36.3 Å². The van der Waals surface area contributed by atoms with Gasteiger partial charge in [0.15, 0.2) is 11.5 Å². The SMILES string of the molecule is COc1ccc(CCN2C(=O)NC(=O)/C(=C/c3cc([N+](=O)[O-])ccc3N3CCN(C(C)=O)CC3)C2=O)cc1OC. The van der Waals surface area contributed by atoms with Crippen molar-refractivity contribution in [3.8, 4) is 11.5 Å². The fourth-order valence-corrected chi connectivity index (χ4v) is 4.65. The van der Waals surface area contributed by atoms with Crippen LogP contribution in [0, 0.1) is 10.1 Å². The number of urea groups is 1. The van der Waals surface area contributed by atoms with Crippen molar-refractivity contribution in [1.29, 1.82) is 0 Å². The van der Waals surface area contributed by atoms with Gasteiger partial charge in [-0.2, -0.15) is 0 Å². The minimum absolute atomic E-state index is 0.0282. The minimum atomic E-state index is -0.892. The number of nitrogens with one attached hydrogen (secondary N) is 1. The van der Waals surface area contributed by atoms with Crippen LogP contribution in [0.3, 0.4) is 0 Å². The van der Waals surface area contributed by atoms with Crippen molar-refractivity contribution in [3.05, 3.63) is 63.2 Å². The number of nitrogens with zero attached hydrogens (tertiary/aromatic N) is 4. The molecule has 0 unspecified atom stereocenters. The highest BCUT2D eigenvalue weighted by atomic mass is 16.6. The molecule has 40 heavy (non-hydrogen) atoms. The summed E-state index contributed by atoms with van der Waals surface area (Å²) in [4.78, 5) is 65.9. The molecular weight excluding hydrogens is 522 g/mol. The molecule has 0 spiro atoms. The second-order valence-corrected chi connectivity index (χ2v) is 9.21. The molecule has 2 heterocycles. The minimum Gasteiger partial charge on any atom is -0.493 e. The number of carbonyl (C=O) groups is 4. The predicted octanol–water partition coefficient (Wildman–Crippen LogP) is 1.98. The first-order valence-electron chi connectivity index (χ1n) is 12.5. The molecule has 210 valence electrons. The molecule has 2 fully saturated rings. The number of nitro benzene ring substituents is 1. The molecule has 2 aliphatic heterocycles. The van der Waals surface area contributed by atoms with E-state index in [1.54, 1.807) is 29.2 Å². The number of methoxy groups -OCH3 is 2. The van der Waals surface area contributed by atoms with Crippen LogP contribution in [0.25, 0.3) is 6.08 Å². The highest BCUT2D eigenvalue weighted by Crippen LogP contribution is 2.30. The van der Waals surface area contributed by atoms with E-state index in [9.17, 15) is 29.3 Å². The lowest BCUT2D eigenvalue weighted by atomic mass is 10.0. The molecule has 0 saturated carbocycles. The van der Waals surface area contributed by atoms with E-state index in [0.29, 0.717) is 43.4 Å². The van der Waals surface area contributed by atoms with Crippen molar-refractivity contribution >= 4 is 41.2 Å². The molecule has 2 aliphatic rings. The lowest BCUT2D eigenvalue weighted by Crippen LogP contribution is -2.54. The highest BCUT2D eigenvalue weighted by Gasteiger charge is 2.36. The van der Waals surface area contributed by atoms with E-state index in [1.165, 1.54) is 39.4 Å². The van der Waals surface area contributed by atoms with E-state index in [4.69, 9.17) is 9.47 Å². The fraction of sp³-hybridized carbons (Fsp3) is 0.333. The molecule has 1 N–H and O–H groups in total. The van der Waals surface area contributed by atoms with Crippen LogP contribution in [0.2, 0.25) is 0 Å². The van der Waals surface area contributed by atoms with E-state index in [-0.39, 0.29) is 35.7 Å². The van der Waals surface area contributed by atoms with Gasteiger partial charge < -0.3 is 19.3 Å². The van der Waals surface area contributed by atoms with Crippen molar-refractivity contribution in [3.63, 3.8) is 0 Å². The first kappa shape index (κ1) is 28.1. The van der Waals surface area contributed by atoms with Gasteiger partial charge in [0.2, 0.25) is 5.91 Å². The summed E-state index contributed by atoms with van der Waals surface area (Å²) in [5.41, 5.74) is 1.07. The Hall–Kier alpha value is -4.94. The topological polar surface area (TPSA) is 152 Å². The summed E-state index contributed by atoms with van der Waals surface area (Å²) in [6.45, 7) is 3.30. The lowest BCUT2D eigenvalue weighted by molar-refractivity contribution is -0.384. The van der Waals surface area contributed by atoms with Crippen LogP contribution in [0.5, 0.6) is 11.5 Å². The molecule has 0 radical (unpaired) electrons. The van der Waals surface area contributed by atoms with E-state index in [0.717, 1.165) is 10.5 Å². The van der Waals surface area contributed by atoms with E-state index < -0.39 is 22.8 Å². The summed E-state index contributed by atoms with van der Waals surface area (Å²) in [6.07, 6.45) is 1.55. The first-order chi connectivity index (χ1) is 19.1. The van der Waals surface area contributed by atoms with Crippen molar-refractivity contribution < 1.29 is 33.6 Å². The average molecular weight is 552 g/mol. The van der Waals surface area contributed by atoms with Crippen molar-refractivity contribution in [2.45, 2.75) is 13.3 Å². The first-order valence-corrected chi connectivity index (χ1v) is 12.5. The maximum Gasteiger partial charge on any atom is 0.331 e. The summed E-state index contributed by atoms with van der Waals surface area (Å²) in [5, 5.41) is 13.7. The lowest BCUT2D eigenvalue weighted by Gasteiger charge is -2.36. The molecule has 2 saturated heterocycles. The number of imide groups is 2. The number of rotatable bonds is 8. The monoisotopic (exact) mass is 551 g/mol. The Morgan fingerprint density at radius 2 is 1.73 bits per heavy atom. The van der Waals surface area contributed by atoms with Crippen LogP contribution in [0.15, 0.2) is 42.0 Å². The van der Waals surface area contributed by atoms with Crippen molar-refractivity contribution in [2.75, 3.05) is 51.8 Å². The molecule has 13 nitrogen and oxygen atoms in total. The van der Waals surface area contributed by atoms with Gasteiger partial charge in [-0.1, -0.05) is 6.07 Å². The van der Waals surface area contributed by atoms with Crippen molar-refractivity contribution in [1.82, 2.24) is 15.1 Å². The van der Waals surface area contributed by atoms with Gasteiger partial charge in [0.1, 0.15) is 5.57 Å². The Labute approximate surface area is 230 Å². The Bertz CT molecular complexity index is 1400. The molecule has 0 atom stereocenters. The second kappa shape index (κ2) is 11.8. The number of hydrogen-bond acceptors (Lipinski definition) is 9. The average Bonchev–Trinajstić information content (AvgIpc) is 2.94. The largest absolute Gasteiger partial charge is 0.493 e. The van der Waals surface area contributed by atoms with Crippen LogP contribution in [0.4, 0.5) is 16.2 Å². The van der Waals surface area contributed by atoms with Crippen molar-refractivity contribution in [2.24, 2.45) is 0 Å². The zero-order valence-corrected chi connectivity index (χ0v) is 22.3. The number of ether oxygens (including phenoxy) is 2. The van der Waals surface area contributed by atoms with Gasteiger partial charge >= 0.3 is 6.03 Å². The zero-order valence-electron chi connectivity index (χ0n) is 22.3. The molecule has 5 amide bonds. The molecule has 0 aliphatic carbocycles. The molecule has 2 aromatic carbocycles. The standard InChI is InChI=1S/C27H29N5O8/c1-17(33)29-10-12-30(13-11-29)22-6-5-20(32(37)38)15-19(22)16-21-25(34)28-27(36)31(26(21)35)9-8-18-4-7-23(39-2)24(14-18)40-3/h4-7,14-16H,8-13H2,1-3H3,(H,28,34,36)/b21-16-. The Kier molecular flexibility index (Phi) is 8.31. The Balaban J connectivity index is 1.61. The zero-order chi connectivity index (χ0) is 29.0. The number of nitro groups is 1. The maximum absolute atomic E-state index is 13.4. The number of non-ortho nitro benzene ring substituents is 1. The summed E-state index contributed by atoms with van der Waals surface area (Å²) in [7, 11) is 3.01. The van der Waals surface area contributed by atoms with Gasteiger partial charge in [0.05, 0.1) is 19.1 Å². The smallest absolute Gasteiger partial charge is 0.331 e. The number of benzene rings is 2. The third-order valence-electron chi connectivity index (χ3n) is 6.85. The van der Waals surface area contributed by atoms with Crippen LogP contribution < -0.4 is 19.7 Å². The molecule has 2 aromatic rings. The fourth-order valence-electron chi connectivity index (χ4n) is 4.65. The molecule has 0 bridgehead atoms. The molecule has 4 rings (SSSR count). The summed E-state index contributed by atoms with van der Waals surface area (Å²) in [6, 6.07) is 8.54. The molecular formula is C27H29N5O8. The maximum atomic E-state index is 13.4. The van der Waals surface area contributed by atoms with Crippen LogP contribution in [-0.2, 0) is 20.8 Å². The third kappa shape index (κ3) is 5.87. The third-order valence-corrected chi connectivity index (χ3v) is 6.85. The van der Waals surface area contributed by atoms with Crippen LogP contribution in [0.1, 0.15) is 18.1 Å². The van der Waals surface area contributed by atoms with Gasteiger partial charge in [-0.3, -0.25) is 34.7 Å². The molecule has 13 heteroatoms. The summed E-state index contributed by atoms with van der Waals surface area (Å²) < 4.78 is 10.5. The normalized spacial score (nSPS) is 16.7. The number of carbonyl (C=O) groups excluding carboxylic acids is 4. The Morgan fingerprint density at radius 1 is 1.02 bits per heavy atom. The summed E-state index contributed by atoms with van der Waals surface area (Å²) >= 11 is 0. The predicted molar refractivity (Wildman–Crippen MR) is 144 cm³/mol. The summed E-state index contributed by atoms with van der Waals surface area (Å²) in [5.74, 6) is -0.728. The van der Waals surface area contributed by atoms with E-state index in [1.807, 2.05) is 4.90 Å². The number of hydrogen-bond donors (Lipinski definition) is 1. The van der Waals surface area contributed by atoms with Gasteiger partial charge in [0.25, 0.3) is 17.5 Å². The molecule has 0 aromatic heterocycles. The number of barbiturate groups is 1. The van der Waals surface area contributed by atoms with Crippen LogP contribution in [-0.4, -0.2) is 85.4 Å². The number of amides is 5. The Morgan fingerprint density at radius 3 is 2.35 bits per heavy atom. The van der Waals surface area contributed by atoms with E-state index >= 15 is 0 Å². The highest BCUT2D eigenvalue weighted by molar-refractivity contribution is 6.31. The van der Waals surface area contributed by atoms with Gasteiger partial charge in [0, 0.05) is 63.0 Å². The van der Waals surface area contributed by atoms with E-state index in [2.05, 4.69) is 5.32 Å². The second-order valence-electron chi connectivity index (χ2n) is 9.21. The quantitative estimate of drug-likeness (QED) is 0.225.